The fourth-order valence-electron chi connectivity index (χ4n) is 1.05. The first-order valence-electron chi connectivity index (χ1n) is 3.50. The van der Waals surface area contributed by atoms with Crippen molar-refractivity contribution in [1.29, 1.82) is 0 Å². The SMILES string of the molecule is [C]1C=NC=Cc2ccccc21. The predicted molar refractivity (Wildman–Crippen MR) is 46.3 cm³/mol. The molecule has 0 spiro atoms. The molecule has 2 radical (unpaired) electrons. The summed E-state index contributed by atoms with van der Waals surface area (Å²) in [6.45, 7) is 0. The van der Waals surface area contributed by atoms with Crippen molar-refractivity contribution in [1.82, 2.24) is 0 Å². The van der Waals surface area contributed by atoms with Crippen LogP contribution in [0.15, 0.2) is 35.5 Å². The van der Waals surface area contributed by atoms with Crippen LogP contribution in [0, 0.1) is 6.42 Å². The van der Waals surface area contributed by atoms with Gasteiger partial charge in [0.15, 0.2) is 0 Å². The van der Waals surface area contributed by atoms with E-state index in [2.05, 4.69) is 11.4 Å². The van der Waals surface area contributed by atoms with Gasteiger partial charge in [-0.2, -0.15) is 0 Å². The van der Waals surface area contributed by atoms with Crippen LogP contribution in [0.4, 0.5) is 0 Å². The zero-order chi connectivity index (χ0) is 7.52. The van der Waals surface area contributed by atoms with Crippen molar-refractivity contribution in [3.05, 3.63) is 48.0 Å². The summed E-state index contributed by atoms with van der Waals surface area (Å²) in [7, 11) is 0. The van der Waals surface area contributed by atoms with E-state index in [0.29, 0.717) is 0 Å². The number of aliphatic imine (C=N–C) groups is 1. The van der Waals surface area contributed by atoms with E-state index in [9.17, 15) is 0 Å². The Bertz CT molecular complexity index is 310. The standard InChI is InChI=1S/C10H7N/c1-2-4-10-6-8-11-7-5-9(10)3-1/h1-5,7-8H. The summed E-state index contributed by atoms with van der Waals surface area (Å²) >= 11 is 0. The molecule has 0 bridgehead atoms. The lowest BCUT2D eigenvalue weighted by molar-refractivity contribution is 1.54. The molecule has 11 heavy (non-hydrogen) atoms. The Balaban J connectivity index is 2.52. The molecule has 0 aromatic heterocycles. The fraction of sp³-hybridized carbons (Fsp3) is 0. The topological polar surface area (TPSA) is 12.4 Å². The molecule has 1 heterocycles. The second-order valence-corrected chi connectivity index (χ2v) is 2.33. The summed E-state index contributed by atoms with van der Waals surface area (Å²) in [5.41, 5.74) is 2.27. The Morgan fingerprint density at radius 2 is 2.09 bits per heavy atom. The maximum absolute atomic E-state index is 3.97. The van der Waals surface area contributed by atoms with Crippen molar-refractivity contribution in [3.8, 4) is 0 Å². The first-order valence-corrected chi connectivity index (χ1v) is 3.50. The highest BCUT2D eigenvalue weighted by Crippen LogP contribution is 2.13. The van der Waals surface area contributed by atoms with Crippen molar-refractivity contribution in [3.63, 3.8) is 0 Å². The van der Waals surface area contributed by atoms with E-state index in [1.165, 1.54) is 5.56 Å². The van der Waals surface area contributed by atoms with Gasteiger partial charge in [0.25, 0.3) is 0 Å². The quantitative estimate of drug-likeness (QED) is 0.525. The number of hydrogen-bond donors (Lipinski definition) is 0. The lowest BCUT2D eigenvalue weighted by atomic mass is 10.1. The predicted octanol–water partition coefficient (Wildman–Crippen LogP) is 2.17. The van der Waals surface area contributed by atoms with Crippen molar-refractivity contribution in [2.75, 3.05) is 0 Å². The largest absolute Gasteiger partial charge is 0.268 e. The van der Waals surface area contributed by atoms with Gasteiger partial charge in [-0.1, -0.05) is 24.3 Å². The minimum atomic E-state index is 1.10. The van der Waals surface area contributed by atoms with Gasteiger partial charge in [0.1, 0.15) is 0 Å². The van der Waals surface area contributed by atoms with Gasteiger partial charge < -0.3 is 0 Å². The van der Waals surface area contributed by atoms with Crippen LogP contribution in [-0.4, -0.2) is 6.21 Å². The number of benzene rings is 1. The van der Waals surface area contributed by atoms with Crippen LogP contribution < -0.4 is 0 Å². The molecular weight excluding hydrogens is 134 g/mol. The van der Waals surface area contributed by atoms with Gasteiger partial charge in [-0.05, 0) is 17.2 Å². The minimum absolute atomic E-state index is 1.10. The summed E-state index contributed by atoms with van der Waals surface area (Å²) in [4.78, 5) is 3.97. The molecule has 0 N–H and O–H groups in total. The normalized spacial score (nSPS) is 14.2. The highest BCUT2D eigenvalue weighted by atomic mass is 14.7. The van der Waals surface area contributed by atoms with E-state index in [1.807, 2.05) is 30.3 Å². The number of fused-ring (bicyclic) bond motifs is 1. The third-order valence-electron chi connectivity index (χ3n) is 1.60. The van der Waals surface area contributed by atoms with Crippen molar-refractivity contribution >= 4 is 12.3 Å². The molecule has 0 atom stereocenters. The van der Waals surface area contributed by atoms with E-state index >= 15 is 0 Å². The molecule has 0 fully saturated rings. The molecule has 2 rings (SSSR count). The molecule has 52 valence electrons. The van der Waals surface area contributed by atoms with E-state index in [4.69, 9.17) is 0 Å². The minimum Gasteiger partial charge on any atom is -0.268 e. The van der Waals surface area contributed by atoms with Crippen LogP contribution in [-0.2, 0) is 0 Å². The maximum atomic E-state index is 3.97. The smallest absolute Gasteiger partial charge is 0.0630 e. The molecule has 0 amide bonds. The van der Waals surface area contributed by atoms with Gasteiger partial charge in [0.05, 0.1) is 6.42 Å². The van der Waals surface area contributed by atoms with Crippen molar-refractivity contribution in [2.45, 2.75) is 0 Å². The monoisotopic (exact) mass is 141 g/mol. The average molecular weight is 141 g/mol. The summed E-state index contributed by atoms with van der Waals surface area (Å²) in [6.07, 6.45) is 8.51. The maximum Gasteiger partial charge on any atom is 0.0630 e. The molecule has 0 saturated carbocycles. The first-order chi connectivity index (χ1) is 5.47. The van der Waals surface area contributed by atoms with E-state index in [-0.39, 0.29) is 0 Å². The lowest BCUT2D eigenvalue weighted by Gasteiger charge is -1.97. The Morgan fingerprint density at radius 1 is 1.18 bits per heavy atom. The fourth-order valence-corrected chi connectivity index (χ4v) is 1.05. The van der Waals surface area contributed by atoms with Crippen LogP contribution in [0.25, 0.3) is 6.08 Å². The second-order valence-electron chi connectivity index (χ2n) is 2.33. The van der Waals surface area contributed by atoms with Crippen LogP contribution in [0.2, 0.25) is 0 Å². The zero-order valence-electron chi connectivity index (χ0n) is 5.99. The Morgan fingerprint density at radius 3 is 3.09 bits per heavy atom. The molecule has 1 heteroatoms. The zero-order valence-corrected chi connectivity index (χ0v) is 5.99. The Kier molecular flexibility index (Phi) is 1.56. The Labute approximate surface area is 66.1 Å². The van der Waals surface area contributed by atoms with E-state index < -0.39 is 0 Å². The van der Waals surface area contributed by atoms with Crippen LogP contribution >= 0.6 is 0 Å². The molecule has 1 nitrogen and oxygen atoms in total. The van der Waals surface area contributed by atoms with Gasteiger partial charge in [-0.25, -0.2) is 0 Å². The summed E-state index contributed by atoms with van der Waals surface area (Å²) in [6, 6.07) is 8.08. The summed E-state index contributed by atoms with van der Waals surface area (Å²) in [5.74, 6) is 0. The second kappa shape index (κ2) is 2.70. The van der Waals surface area contributed by atoms with Crippen LogP contribution in [0.5, 0.6) is 0 Å². The Hall–Kier alpha value is -1.37. The van der Waals surface area contributed by atoms with Crippen LogP contribution in [0.3, 0.4) is 0 Å². The number of nitrogens with zero attached hydrogens (tertiary/aromatic N) is 1. The molecule has 0 saturated heterocycles. The van der Waals surface area contributed by atoms with Gasteiger partial charge in [0, 0.05) is 12.4 Å². The van der Waals surface area contributed by atoms with Gasteiger partial charge in [0.2, 0.25) is 0 Å². The number of hydrogen-bond acceptors (Lipinski definition) is 1. The molecule has 1 aliphatic rings. The van der Waals surface area contributed by atoms with E-state index in [1.54, 1.807) is 12.4 Å². The molecule has 1 aromatic carbocycles. The third kappa shape index (κ3) is 1.22. The first kappa shape index (κ1) is 6.35. The van der Waals surface area contributed by atoms with Gasteiger partial charge in [-0.15, -0.1) is 0 Å². The number of rotatable bonds is 0. The molecule has 0 aliphatic carbocycles. The van der Waals surface area contributed by atoms with Crippen LogP contribution in [0.1, 0.15) is 11.1 Å². The molecule has 1 aromatic rings. The third-order valence-corrected chi connectivity index (χ3v) is 1.60. The van der Waals surface area contributed by atoms with E-state index in [0.717, 1.165) is 5.56 Å². The highest BCUT2D eigenvalue weighted by Gasteiger charge is 1.98. The average Bonchev–Trinajstić information content (AvgIpc) is 2.28. The van der Waals surface area contributed by atoms with Crippen molar-refractivity contribution < 1.29 is 0 Å². The summed E-state index contributed by atoms with van der Waals surface area (Å²) < 4.78 is 0. The molecule has 0 unspecified atom stereocenters. The van der Waals surface area contributed by atoms with Gasteiger partial charge in [-0.3, -0.25) is 4.99 Å². The molecular formula is C10H7N. The molecule has 1 aliphatic heterocycles. The van der Waals surface area contributed by atoms with Crippen molar-refractivity contribution in [2.24, 2.45) is 4.99 Å². The lowest BCUT2D eigenvalue weighted by Crippen LogP contribution is -1.84. The summed E-state index contributed by atoms with van der Waals surface area (Å²) in [5, 5.41) is 0. The highest BCUT2D eigenvalue weighted by molar-refractivity contribution is 5.79. The van der Waals surface area contributed by atoms with Gasteiger partial charge >= 0.3 is 0 Å².